The summed E-state index contributed by atoms with van der Waals surface area (Å²) < 4.78 is 4.90. The Morgan fingerprint density at radius 2 is 1.77 bits per heavy atom. The lowest BCUT2D eigenvalue weighted by atomic mass is 10.2. The van der Waals surface area contributed by atoms with Crippen LogP contribution in [0, 0.1) is 19.8 Å². The van der Waals surface area contributed by atoms with E-state index in [4.69, 9.17) is 12.2 Å². The van der Waals surface area contributed by atoms with Crippen molar-refractivity contribution in [3.05, 3.63) is 91.1 Å². The van der Waals surface area contributed by atoms with Gasteiger partial charge in [-0.2, -0.15) is 0 Å². The molecule has 0 aliphatic carbocycles. The number of aryl methyl sites for hydroxylation is 1. The number of carbonyl (C=O) groups is 1. The maximum absolute atomic E-state index is 13.7. The molecule has 1 aromatic carbocycles. The molecule has 1 fully saturated rings. The first-order chi connectivity index (χ1) is 18.6. The van der Waals surface area contributed by atoms with Crippen LogP contribution in [0.3, 0.4) is 0 Å². The number of carbonyl (C=O) groups excluding carboxylic acids is 1. The number of fused-ring (bicyclic) bond motifs is 1. The Morgan fingerprint density at radius 1 is 1.05 bits per heavy atom. The standard InChI is InChI=1S/C28H28N6O3S2/c1-16(2)14-29-24-20(25(35)32-15-17(3)11-12-22(32)30-24)13-21-26(36)33(28(38)39-21)23-18(4)31(5)34(27(23)37)19-9-7-6-8-10-19/h6-13,15-16,29H,14H2,1-5H3/b21-13+. The summed E-state index contributed by atoms with van der Waals surface area (Å²) in [7, 11) is 1.76. The van der Waals surface area contributed by atoms with Crippen molar-refractivity contribution in [2.45, 2.75) is 27.7 Å². The number of benzene rings is 1. The van der Waals surface area contributed by atoms with Crippen LogP contribution in [0.4, 0.5) is 11.5 Å². The number of rotatable bonds is 6. The second-order valence-electron chi connectivity index (χ2n) is 9.82. The molecule has 4 aromatic rings. The predicted octanol–water partition coefficient (Wildman–Crippen LogP) is 4.27. The Balaban J connectivity index is 1.62. The zero-order chi connectivity index (χ0) is 28.0. The van der Waals surface area contributed by atoms with Crippen molar-refractivity contribution in [3.63, 3.8) is 0 Å². The summed E-state index contributed by atoms with van der Waals surface area (Å²) in [6.45, 7) is 8.37. The first-order valence-corrected chi connectivity index (χ1v) is 13.7. The fourth-order valence-corrected chi connectivity index (χ4v) is 5.68. The van der Waals surface area contributed by atoms with Crippen molar-refractivity contribution in [2.24, 2.45) is 13.0 Å². The van der Waals surface area contributed by atoms with E-state index in [1.807, 2.05) is 43.3 Å². The van der Waals surface area contributed by atoms with Gasteiger partial charge in [0.05, 0.1) is 21.8 Å². The van der Waals surface area contributed by atoms with Crippen LogP contribution >= 0.6 is 24.0 Å². The molecule has 9 nitrogen and oxygen atoms in total. The minimum Gasteiger partial charge on any atom is -0.369 e. The van der Waals surface area contributed by atoms with Gasteiger partial charge in [0, 0.05) is 19.8 Å². The highest BCUT2D eigenvalue weighted by atomic mass is 32.2. The molecule has 1 aliphatic rings. The summed E-state index contributed by atoms with van der Waals surface area (Å²) in [5.74, 6) is 0.242. The number of nitrogens with zero attached hydrogens (tertiary/aromatic N) is 5. The summed E-state index contributed by atoms with van der Waals surface area (Å²) in [6, 6.07) is 12.9. The molecule has 0 saturated carbocycles. The number of amides is 1. The molecule has 5 rings (SSSR count). The lowest BCUT2D eigenvalue weighted by molar-refractivity contribution is -0.113. The Bertz CT molecular complexity index is 1780. The van der Waals surface area contributed by atoms with Gasteiger partial charge in [-0.3, -0.25) is 28.4 Å². The molecule has 1 saturated heterocycles. The van der Waals surface area contributed by atoms with Crippen LogP contribution in [-0.4, -0.2) is 35.5 Å². The lowest BCUT2D eigenvalue weighted by Gasteiger charge is -2.13. The van der Waals surface area contributed by atoms with Crippen LogP contribution in [-0.2, 0) is 11.8 Å². The Morgan fingerprint density at radius 3 is 2.46 bits per heavy atom. The lowest BCUT2D eigenvalue weighted by Crippen LogP contribution is -2.33. The van der Waals surface area contributed by atoms with Crippen LogP contribution < -0.4 is 21.3 Å². The summed E-state index contributed by atoms with van der Waals surface area (Å²) in [5.41, 5.74) is 2.45. The Kier molecular flexibility index (Phi) is 7.04. The van der Waals surface area contributed by atoms with Gasteiger partial charge >= 0.3 is 0 Å². The summed E-state index contributed by atoms with van der Waals surface area (Å²) in [4.78, 5) is 47.1. The van der Waals surface area contributed by atoms with Crippen molar-refractivity contribution in [1.82, 2.24) is 18.7 Å². The molecule has 1 amide bonds. The van der Waals surface area contributed by atoms with E-state index in [2.05, 4.69) is 24.1 Å². The zero-order valence-electron chi connectivity index (χ0n) is 22.3. The smallest absolute Gasteiger partial charge is 0.296 e. The van der Waals surface area contributed by atoms with E-state index in [-0.39, 0.29) is 31.6 Å². The van der Waals surface area contributed by atoms with Gasteiger partial charge in [-0.25, -0.2) is 9.67 Å². The van der Waals surface area contributed by atoms with Gasteiger partial charge in [0.15, 0.2) is 4.32 Å². The van der Waals surface area contributed by atoms with Crippen LogP contribution in [0.1, 0.15) is 30.7 Å². The summed E-state index contributed by atoms with van der Waals surface area (Å²) in [5, 5.41) is 3.26. The van der Waals surface area contributed by atoms with Crippen LogP contribution in [0.15, 0.2) is 63.2 Å². The number of hydrogen-bond donors (Lipinski definition) is 1. The molecule has 0 radical (unpaired) electrons. The van der Waals surface area contributed by atoms with E-state index < -0.39 is 5.91 Å². The molecule has 39 heavy (non-hydrogen) atoms. The van der Waals surface area contributed by atoms with Crippen molar-refractivity contribution in [2.75, 3.05) is 16.8 Å². The molecule has 0 atom stereocenters. The number of thiocarbonyl (C=S) groups is 1. The van der Waals surface area contributed by atoms with Gasteiger partial charge in [0.2, 0.25) is 0 Å². The average Bonchev–Trinajstić information content (AvgIpc) is 3.30. The topological polar surface area (TPSA) is 93.6 Å². The number of pyridine rings is 1. The third-order valence-corrected chi connectivity index (χ3v) is 7.80. The largest absolute Gasteiger partial charge is 0.369 e. The maximum atomic E-state index is 13.7. The van der Waals surface area contributed by atoms with E-state index in [1.54, 1.807) is 30.9 Å². The van der Waals surface area contributed by atoms with Crippen molar-refractivity contribution >= 4 is 57.4 Å². The number of aromatic nitrogens is 4. The van der Waals surface area contributed by atoms with Gasteiger partial charge in [0.25, 0.3) is 17.0 Å². The summed E-state index contributed by atoms with van der Waals surface area (Å²) in [6.07, 6.45) is 3.25. The minimum atomic E-state index is -0.459. The molecule has 0 bridgehead atoms. The Hall–Kier alpha value is -3.96. The fraction of sp³-hybridized carbons (Fsp3) is 0.250. The van der Waals surface area contributed by atoms with E-state index >= 15 is 0 Å². The SMILES string of the molecule is Cc1ccc2nc(NCC(C)C)c(/C=C3/SC(=S)N(c4c(C)n(C)n(-c5ccccc5)c4=O)C3=O)c(=O)n2c1. The third-order valence-electron chi connectivity index (χ3n) is 6.50. The fourth-order valence-electron chi connectivity index (χ4n) is 4.43. The third kappa shape index (κ3) is 4.72. The monoisotopic (exact) mass is 560 g/mol. The van der Waals surface area contributed by atoms with Gasteiger partial charge < -0.3 is 5.32 Å². The molecule has 1 N–H and O–H groups in total. The normalized spacial score (nSPS) is 14.8. The van der Waals surface area contributed by atoms with Crippen molar-refractivity contribution in [1.29, 1.82) is 0 Å². The quantitative estimate of drug-likeness (QED) is 0.278. The van der Waals surface area contributed by atoms with Crippen LogP contribution in [0.5, 0.6) is 0 Å². The molecule has 0 unspecified atom stereocenters. The molecule has 11 heteroatoms. The van der Waals surface area contributed by atoms with Crippen LogP contribution in [0.25, 0.3) is 17.4 Å². The molecular formula is C28H28N6O3S2. The first kappa shape index (κ1) is 26.6. The second kappa shape index (κ2) is 10.3. The average molecular weight is 561 g/mol. The van der Waals surface area contributed by atoms with Gasteiger partial charge in [-0.1, -0.05) is 62.1 Å². The number of hydrogen-bond acceptors (Lipinski definition) is 7. The highest BCUT2D eigenvalue weighted by molar-refractivity contribution is 8.27. The second-order valence-corrected chi connectivity index (χ2v) is 11.5. The highest BCUT2D eigenvalue weighted by Crippen LogP contribution is 2.36. The molecular weight excluding hydrogens is 532 g/mol. The number of thioether (sulfide) groups is 1. The molecule has 0 spiro atoms. The molecule has 4 heterocycles. The van der Waals surface area contributed by atoms with E-state index in [1.165, 1.54) is 20.1 Å². The van der Waals surface area contributed by atoms with Crippen LogP contribution in [0.2, 0.25) is 0 Å². The predicted molar refractivity (Wildman–Crippen MR) is 161 cm³/mol. The van der Waals surface area contributed by atoms with Crippen molar-refractivity contribution < 1.29 is 4.79 Å². The molecule has 1 aliphatic heterocycles. The van der Waals surface area contributed by atoms with Gasteiger partial charge in [-0.05, 0) is 49.6 Å². The molecule has 200 valence electrons. The number of anilines is 2. The van der Waals surface area contributed by atoms with Crippen molar-refractivity contribution in [3.8, 4) is 5.69 Å². The number of nitrogens with one attached hydrogen (secondary N) is 1. The van der Waals surface area contributed by atoms with Gasteiger partial charge in [-0.15, -0.1) is 0 Å². The Labute approximate surface area is 234 Å². The summed E-state index contributed by atoms with van der Waals surface area (Å²) >= 11 is 6.64. The van der Waals surface area contributed by atoms with E-state index in [0.717, 1.165) is 17.3 Å². The van der Waals surface area contributed by atoms with Gasteiger partial charge in [0.1, 0.15) is 17.2 Å². The zero-order valence-corrected chi connectivity index (χ0v) is 23.9. The maximum Gasteiger partial charge on any atom is 0.296 e. The highest BCUT2D eigenvalue weighted by Gasteiger charge is 2.38. The first-order valence-electron chi connectivity index (χ1n) is 12.5. The van der Waals surface area contributed by atoms with E-state index in [0.29, 0.717) is 35.3 Å². The minimum absolute atomic E-state index is 0.189. The van der Waals surface area contributed by atoms with E-state index in [9.17, 15) is 14.4 Å². The molecule has 3 aromatic heterocycles. The number of para-hydroxylation sites is 1.